The summed E-state index contributed by atoms with van der Waals surface area (Å²) in [5, 5.41) is 10.5. The van der Waals surface area contributed by atoms with E-state index in [-0.39, 0.29) is 5.92 Å². The van der Waals surface area contributed by atoms with Crippen LogP contribution in [0.5, 0.6) is 0 Å². The number of carboxylic acid groups (broad SMARTS) is 1. The van der Waals surface area contributed by atoms with E-state index in [4.69, 9.17) is 0 Å². The van der Waals surface area contributed by atoms with Gasteiger partial charge in [0.05, 0.1) is 11.4 Å². The molecule has 0 saturated carbocycles. The molecule has 1 atom stereocenters. The van der Waals surface area contributed by atoms with Crippen LogP contribution in [0.2, 0.25) is 0 Å². The minimum Gasteiger partial charge on any atom is -0.481 e. The molecule has 0 amide bonds. The highest BCUT2D eigenvalue weighted by molar-refractivity contribution is 5.89. The first-order chi connectivity index (χ1) is 8.99. The van der Waals surface area contributed by atoms with Crippen molar-refractivity contribution in [2.75, 3.05) is 0 Å². The molecule has 1 aromatic carbocycles. The lowest BCUT2D eigenvalue weighted by Crippen LogP contribution is -2.23. The molecular weight excluding hydrogens is 238 g/mol. The Balaban J connectivity index is 2.24. The Morgan fingerprint density at radius 3 is 2.79 bits per heavy atom. The zero-order valence-corrected chi connectivity index (χ0v) is 11.7. The van der Waals surface area contributed by atoms with Gasteiger partial charge in [0, 0.05) is 24.5 Å². The molecule has 0 spiro atoms. The first kappa shape index (κ1) is 12.3. The predicted octanol–water partition coefficient (Wildman–Crippen LogP) is 2.98. The topological polar surface area (TPSA) is 42.2 Å². The van der Waals surface area contributed by atoms with Crippen molar-refractivity contribution in [3.8, 4) is 0 Å². The van der Waals surface area contributed by atoms with Crippen LogP contribution in [0.25, 0.3) is 10.9 Å². The van der Waals surface area contributed by atoms with E-state index in [1.54, 1.807) is 0 Å². The SMILES string of the molecule is Cc1cc(C)c2c(c1)c1c(n2C)CC(C(=O)O)CC1. The number of hydrogen-bond acceptors (Lipinski definition) is 1. The van der Waals surface area contributed by atoms with E-state index in [0.717, 1.165) is 12.8 Å². The van der Waals surface area contributed by atoms with Gasteiger partial charge in [-0.15, -0.1) is 0 Å². The molecule has 19 heavy (non-hydrogen) atoms. The van der Waals surface area contributed by atoms with E-state index in [9.17, 15) is 9.90 Å². The molecule has 0 fully saturated rings. The number of hydrogen-bond donors (Lipinski definition) is 1. The summed E-state index contributed by atoms with van der Waals surface area (Å²) in [6, 6.07) is 4.44. The first-order valence-corrected chi connectivity index (χ1v) is 6.79. The maximum atomic E-state index is 11.2. The fourth-order valence-corrected chi connectivity index (χ4v) is 3.53. The van der Waals surface area contributed by atoms with Crippen LogP contribution < -0.4 is 0 Å². The van der Waals surface area contributed by atoms with Crippen molar-refractivity contribution in [1.82, 2.24) is 4.57 Å². The molecule has 1 aromatic heterocycles. The molecule has 1 N–H and O–H groups in total. The molecule has 1 unspecified atom stereocenters. The Hall–Kier alpha value is -1.77. The van der Waals surface area contributed by atoms with Crippen molar-refractivity contribution in [2.24, 2.45) is 13.0 Å². The van der Waals surface area contributed by atoms with Crippen LogP contribution in [0.3, 0.4) is 0 Å². The largest absolute Gasteiger partial charge is 0.481 e. The lowest BCUT2D eigenvalue weighted by molar-refractivity contribution is -0.142. The molecule has 0 radical (unpaired) electrons. The highest BCUT2D eigenvalue weighted by Crippen LogP contribution is 2.35. The number of carboxylic acids is 1. The monoisotopic (exact) mass is 257 g/mol. The summed E-state index contributed by atoms with van der Waals surface area (Å²) in [7, 11) is 2.06. The number of aryl methyl sites for hydroxylation is 4. The Labute approximate surface area is 112 Å². The van der Waals surface area contributed by atoms with Gasteiger partial charge in [0.15, 0.2) is 0 Å². The number of nitrogens with zero attached hydrogens (tertiary/aromatic N) is 1. The van der Waals surface area contributed by atoms with Crippen LogP contribution in [-0.2, 0) is 24.7 Å². The molecule has 2 aromatic rings. The maximum absolute atomic E-state index is 11.2. The zero-order chi connectivity index (χ0) is 13.7. The third-order valence-electron chi connectivity index (χ3n) is 4.39. The smallest absolute Gasteiger partial charge is 0.306 e. The summed E-state index contributed by atoms with van der Waals surface area (Å²) in [5.74, 6) is -0.888. The van der Waals surface area contributed by atoms with Gasteiger partial charge >= 0.3 is 5.97 Å². The van der Waals surface area contributed by atoms with Crippen LogP contribution >= 0.6 is 0 Å². The predicted molar refractivity (Wildman–Crippen MR) is 75.5 cm³/mol. The van der Waals surface area contributed by atoms with E-state index in [2.05, 4.69) is 37.6 Å². The zero-order valence-electron chi connectivity index (χ0n) is 11.7. The Morgan fingerprint density at radius 2 is 2.11 bits per heavy atom. The number of carbonyl (C=O) groups is 1. The van der Waals surface area contributed by atoms with E-state index in [1.807, 2.05) is 0 Å². The summed E-state index contributed by atoms with van der Waals surface area (Å²) in [6.45, 7) is 4.25. The van der Waals surface area contributed by atoms with Crippen LogP contribution in [0.1, 0.15) is 28.8 Å². The number of aromatic nitrogens is 1. The van der Waals surface area contributed by atoms with Crippen LogP contribution in [-0.4, -0.2) is 15.6 Å². The van der Waals surface area contributed by atoms with Crippen molar-refractivity contribution in [3.63, 3.8) is 0 Å². The Bertz CT molecular complexity index is 682. The van der Waals surface area contributed by atoms with Gasteiger partial charge in [-0.05, 0) is 43.9 Å². The van der Waals surface area contributed by atoms with E-state index >= 15 is 0 Å². The lowest BCUT2D eigenvalue weighted by atomic mass is 9.86. The van der Waals surface area contributed by atoms with Gasteiger partial charge in [0.1, 0.15) is 0 Å². The van der Waals surface area contributed by atoms with Crippen molar-refractivity contribution in [1.29, 1.82) is 0 Å². The highest BCUT2D eigenvalue weighted by atomic mass is 16.4. The number of benzene rings is 1. The second-order valence-corrected chi connectivity index (χ2v) is 5.74. The fraction of sp³-hybridized carbons (Fsp3) is 0.438. The van der Waals surface area contributed by atoms with Crippen molar-refractivity contribution in [2.45, 2.75) is 33.1 Å². The van der Waals surface area contributed by atoms with Crippen molar-refractivity contribution in [3.05, 3.63) is 34.5 Å². The normalized spacial score (nSPS) is 18.6. The lowest BCUT2D eigenvalue weighted by Gasteiger charge is -2.20. The fourth-order valence-electron chi connectivity index (χ4n) is 3.53. The molecule has 0 aliphatic heterocycles. The van der Waals surface area contributed by atoms with E-state index < -0.39 is 5.97 Å². The van der Waals surface area contributed by atoms with Gasteiger partial charge in [-0.1, -0.05) is 11.6 Å². The van der Waals surface area contributed by atoms with E-state index in [1.165, 1.54) is 33.3 Å². The summed E-state index contributed by atoms with van der Waals surface area (Å²) >= 11 is 0. The third-order valence-corrected chi connectivity index (χ3v) is 4.39. The van der Waals surface area contributed by atoms with Gasteiger partial charge in [-0.2, -0.15) is 0 Å². The maximum Gasteiger partial charge on any atom is 0.306 e. The molecule has 0 saturated heterocycles. The summed E-state index contributed by atoms with van der Waals surface area (Å²) in [6.07, 6.45) is 2.30. The highest BCUT2D eigenvalue weighted by Gasteiger charge is 2.28. The molecule has 100 valence electrons. The molecule has 0 bridgehead atoms. The molecule has 1 heterocycles. The molecular formula is C16H19NO2. The van der Waals surface area contributed by atoms with Crippen LogP contribution in [0, 0.1) is 19.8 Å². The number of fused-ring (bicyclic) bond motifs is 3. The molecule has 3 nitrogen and oxygen atoms in total. The van der Waals surface area contributed by atoms with E-state index in [0.29, 0.717) is 6.42 Å². The minimum atomic E-state index is -0.663. The summed E-state index contributed by atoms with van der Waals surface area (Å²) < 4.78 is 2.20. The Kier molecular flexibility index (Phi) is 2.66. The average Bonchev–Trinajstić information content (AvgIpc) is 2.62. The van der Waals surface area contributed by atoms with Gasteiger partial charge in [-0.3, -0.25) is 4.79 Å². The first-order valence-electron chi connectivity index (χ1n) is 6.79. The molecule has 1 aliphatic rings. The van der Waals surface area contributed by atoms with Crippen molar-refractivity contribution < 1.29 is 9.90 Å². The quantitative estimate of drug-likeness (QED) is 0.853. The standard InChI is InChI=1S/C16H19NO2/c1-9-6-10(2)15-13(7-9)12-5-4-11(16(18)19)8-14(12)17(15)3/h6-7,11H,4-5,8H2,1-3H3,(H,18,19). The molecule has 3 rings (SSSR count). The van der Waals surface area contributed by atoms with Gasteiger partial charge in [0.25, 0.3) is 0 Å². The third kappa shape index (κ3) is 1.76. The second-order valence-electron chi connectivity index (χ2n) is 5.74. The van der Waals surface area contributed by atoms with Gasteiger partial charge < -0.3 is 9.67 Å². The summed E-state index contributed by atoms with van der Waals surface area (Å²) in [4.78, 5) is 11.2. The van der Waals surface area contributed by atoms with Crippen molar-refractivity contribution >= 4 is 16.9 Å². The summed E-state index contributed by atoms with van der Waals surface area (Å²) in [5.41, 5.74) is 6.39. The second kappa shape index (κ2) is 4.12. The average molecular weight is 257 g/mol. The van der Waals surface area contributed by atoms with Gasteiger partial charge in [-0.25, -0.2) is 0 Å². The number of aliphatic carboxylic acids is 1. The molecule has 3 heteroatoms. The van der Waals surface area contributed by atoms with Gasteiger partial charge in [0.2, 0.25) is 0 Å². The Morgan fingerprint density at radius 1 is 1.37 bits per heavy atom. The number of rotatable bonds is 1. The molecule has 1 aliphatic carbocycles. The van der Waals surface area contributed by atoms with Crippen LogP contribution in [0.4, 0.5) is 0 Å². The van der Waals surface area contributed by atoms with Crippen LogP contribution in [0.15, 0.2) is 12.1 Å². The minimum absolute atomic E-state index is 0.225.